The fraction of sp³-hybridized carbons (Fsp3) is 0.857. The zero-order chi connectivity index (χ0) is 7.98. The summed E-state index contributed by atoms with van der Waals surface area (Å²) in [7, 11) is 0. The molecule has 0 heterocycles. The van der Waals surface area contributed by atoms with Crippen LogP contribution >= 0.6 is 11.8 Å². The number of amidine groups is 1. The van der Waals surface area contributed by atoms with Crippen molar-refractivity contribution in [2.45, 2.75) is 13.8 Å². The van der Waals surface area contributed by atoms with Gasteiger partial charge < -0.3 is 5.73 Å². The quantitative estimate of drug-likeness (QED) is 0.498. The van der Waals surface area contributed by atoms with E-state index in [0.717, 1.165) is 12.3 Å². The van der Waals surface area contributed by atoms with E-state index in [0.29, 0.717) is 11.8 Å². The molecule has 0 radical (unpaired) electrons. The Labute approximate surface area is 67.3 Å². The first-order chi connectivity index (χ1) is 4.66. The Kier molecular flexibility index (Phi) is 5.49. The molecule has 60 valence electrons. The van der Waals surface area contributed by atoms with Crippen LogP contribution in [0.3, 0.4) is 0 Å². The van der Waals surface area contributed by atoms with Gasteiger partial charge in [0.15, 0.2) is 0 Å². The van der Waals surface area contributed by atoms with Crippen LogP contribution in [0.15, 0.2) is 4.99 Å². The topological polar surface area (TPSA) is 38.4 Å². The highest BCUT2D eigenvalue weighted by Gasteiger charge is 1.97. The second kappa shape index (κ2) is 5.59. The van der Waals surface area contributed by atoms with Crippen LogP contribution in [0.4, 0.5) is 0 Å². The van der Waals surface area contributed by atoms with Gasteiger partial charge in [0.1, 0.15) is 0 Å². The molecule has 0 spiro atoms. The van der Waals surface area contributed by atoms with Gasteiger partial charge in [0.05, 0.1) is 5.84 Å². The Morgan fingerprint density at radius 1 is 1.70 bits per heavy atom. The molecule has 10 heavy (non-hydrogen) atoms. The smallest absolute Gasteiger partial charge is 0.0905 e. The first-order valence-corrected chi connectivity index (χ1v) is 4.81. The Morgan fingerprint density at radius 2 is 2.30 bits per heavy atom. The van der Waals surface area contributed by atoms with E-state index in [1.54, 1.807) is 0 Å². The van der Waals surface area contributed by atoms with Gasteiger partial charge in [-0.25, -0.2) is 0 Å². The lowest BCUT2D eigenvalue weighted by molar-refractivity contribution is 0.677. The number of thioether (sulfide) groups is 1. The summed E-state index contributed by atoms with van der Waals surface area (Å²) in [6, 6.07) is 0. The molecule has 0 aliphatic carbocycles. The molecule has 1 unspecified atom stereocenters. The van der Waals surface area contributed by atoms with Crippen molar-refractivity contribution in [3.63, 3.8) is 0 Å². The van der Waals surface area contributed by atoms with Crippen LogP contribution in [0.25, 0.3) is 0 Å². The maximum absolute atomic E-state index is 5.38. The summed E-state index contributed by atoms with van der Waals surface area (Å²) in [6.07, 6.45) is 2.11. The third-order valence-electron chi connectivity index (χ3n) is 1.10. The molecule has 0 saturated heterocycles. The van der Waals surface area contributed by atoms with Crippen molar-refractivity contribution in [3.8, 4) is 0 Å². The maximum atomic E-state index is 5.38. The van der Waals surface area contributed by atoms with Gasteiger partial charge in [0, 0.05) is 6.54 Å². The first-order valence-electron chi connectivity index (χ1n) is 3.42. The lowest BCUT2D eigenvalue weighted by Gasteiger charge is -2.04. The van der Waals surface area contributed by atoms with Crippen LogP contribution in [0, 0.1) is 5.92 Å². The first kappa shape index (κ1) is 9.82. The average Bonchev–Trinajstić information content (AvgIpc) is 1.85. The summed E-state index contributed by atoms with van der Waals surface area (Å²) in [5, 5.41) is 0. The molecule has 0 amide bonds. The summed E-state index contributed by atoms with van der Waals surface area (Å²) in [5.41, 5.74) is 5.38. The highest BCUT2D eigenvalue weighted by atomic mass is 32.2. The molecule has 2 N–H and O–H groups in total. The van der Waals surface area contributed by atoms with E-state index in [2.05, 4.69) is 18.2 Å². The Hall–Kier alpha value is -0.180. The molecule has 1 atom stereocenters. The van der Waals surface area contributed by atoms with E-state index >= 15 is 0 Å². The number of hydrogen-bond acceptors (Lipinski definition) is 2. The summed E-state index contributed by atoms with van der Waals surface area (Å²) in [5.74, 6) is 2.50. The van der Waals surface area contributed by atoms with E-state index in [-0.39, 0.29) is 0 Å². The zero-order valence-corrected chi connectivity index (χ0v) is 7.74. The van der Waals surface area contributed by atoms with Crippen molar-refractivity contribution >= 4 is 17.6 Å². The predicted molar refractivity (Wildman–Crippen MR) is 49.7 cm³/mol. The molecule has 0 aromatic heterocycles. The monoisotopic (exact) mass is 160 g/mol. The van der Waals surface area contributed by atoms with Crippen LogP contribution in [0.1, 0.15) is 13.8 Å². The van der Waals surface area contributed by atoms with E-state index in [4.69, 9.17) is 5.73 Å². The minimum atomic E-state index is 0.647. The molecule has 2 nitrogen and oxygen atoms in total. The number of nitrogens with two attached hydrogens (primary N) is 1. The van der Waals surface area contributed by atoms with Crippen molar-refractivity contribution < 1.29 is 0 Å². The fourth-order valence-electron chi connectivity index (χ4n) is 0.637. The van der Waals surface area contributed by atoms with Gasteiger partial charge >= 0.3 is 0 Å². The highest BCUT2D eigenvalue weighted by molar-refractivity contribution is 7.98. The van der Waals surface area contributed by atoms with Crippen molar-refractivity contribution in [3.05, 3.63) is 0 Å². The van der Waals surface area contributed by atoms with Gasteiger partial charge in [-0.15, -0.1) is 0 Å². The summed E-state index contributed by atoms with van der Waals surface area (Å²) < 4.78 is 0. The Bertz CT molecular complexity index is 108. The van der Waals surface area contributed by atoms with E-state index in [9.17, 15) is 0 Å². The minimum Gasteiger partial charge on any atom is -0.388 e. The molecular formula is C7H16N2S. The van der Waals surface area contributed by atoms with Gasteiger partial charge in [-0.2, -0.15) is 11.8 Å². The predicted octanol–water partition coefficient (Wildman–Crippen LogP) is 1.36. The molecule has 0 aromatic rings. The third kappa shape index (κ3) is 5.95. The number of aliphatic imine (C=N–C) groups is 1. The maximum Gasteiger partial charge on any atom is 0.0905 e. The van der Waals surface area contributed by atoms with Gasteiger partial charge in [-0.05, 0) is 24.9 Å². The third-order valence-corrected chi connectivity index (χ3v) is 2.01. The SMILES string of the molecule is CSCC(C)CN=C(C)N. The second-order valence-corrected chi connectivity index (χ2v) is 3.45. The molecule has 0 aliphatic rings. The zero-order valence-electron chi connectivity index (χ0n) is 6.92. The summed E-state index contributed by atoms with van der Waals surface area (Å²) >= 11 is 1.85. The molecule has 0 saturated carbocycles. The molecule has 0 fully saturated rings. The standard InChI is InChI=1S/C7H16N2S/c1-6(5-10-3)4-9-7(2)8/h6H,4-5H2,1-3H3,(H2,8,9). The van der Waals surface area contributed by atoms with Crippen LogP contribution < -0.4 is 5.73 Å². The van der Waals surface area contributed by atoms with Crippen molar-refractivity contribution in [1.29, 1.82) is 0 Å². The summed E-state index contributed by atoms with van der Waals surface area (Å²) in [6.45, 7) is 4.87. The molecule has 0 bridgehead atoms. The molecule has 0 aliphatic heterocycles. The highest BCUT2D eigenvalue weighted by Crippen LogP contribution is 2.03. The molecular weight excluding hydrogens is 144 g/mol. The Morgan fingerprint density at radius 3 is 2.70 bits per heavy atom. The van der Waals surface area contributed by atoms with Gasteiger partial charge in [-0.1, -0.05) is 6.92 Å². The van der Waals surface area contributed by atoms with Crippen LogP contribution in [-0.4, -0.2) is 24.4 Å². The summed E-state index contributed by atoms with van der Waals surface area (Å²) in [4.78, 5) is 4.12. The lowest BCUT2D eigenvalue weighted by Crippen LogP contribution is -2.10. The van der Waals surface area contributed by atoms with Gasteiger partial charge in [-0.3, -0.25) is 4.99 Å². The number of hydrogen-bond donors (Lipinski definition) is 1. The average molecular weight is 160 g/mol. The number of rotatable bonds is 4. The van der Waals surface area contributed by atoms with E-state index in [1.165, 1.54) is 0 Å². The Balaban J connectivity index is 3.38. The van der Waals surface area contributed by atoms with E-state index in [1.807, 2.05) is 18.7 Å². The fourth-order valence-corrected chi connectivity index (χ4v) is 1.31. The van der Waals surface area contributed by atoms with Crippen LogP contribution in [-0.2, 0) is 0 Å². The van der Waals surface area contributed by atoms with Crippen molar-refractivity contribution in [1.82, 2.24) is 0 Å². The van der Waals surface area contributed by atoms with Crippen LogP contribution in [0.2, 0.25) is 0 Å². The van der Waals surface area contributed by atoms with Crippen molar-refractivity contribution in [2.24, 2.45) is 16.6 Å². The number of nitrogens with zero attached hydrogens (tertiary/aromatic N) is 1. The molecule has 3 heteroatoms. The van der Waals surface area contributed by atoms with Crippen molar-refractivity contribution in [2.75, 3.05) is 18.6 Å². The van der Waals surface area contributed by atoms with Crippen LogP contribution in [0.5, 0.6) is 0 Å². The minimum absolute atomic E-state index is 0.647. The largest absolute Gasteiger partial charge is 0.388 e. The molecule has 0 rings (SSSR count). The second-order valence-electron chi connectivity index (χ2n) is 2.54. The lowest BCUT2D eigenvalue weighted by atomic mass is 10.2. The van der Waals surface area contributed by atoms with Gasteiger partial charge in [0.25, 0.3) is 0 Å². The normalized spacial score (nSPS) is 15.3. The molecule has 0 aromatic carbocycles. The van der Waals surface area contributed by atoms with Gasteiger partial charge in [0.2, 0.25) is 0 Å². The van der Waals surface area contributed by atoms with E-state index < -0.39 is 0 Å².